The fraction of sp³-hybridized carbons (Fsp3) is 0.714. The van der Waals surface area contributed by atoms with Gasteiger partial charge in [0.25, 0.3) is 0 Å². The Bertz CT molecular complexity index is 451. The standard InChI is InChI=1S/C14H25N5O/c1-10-13(11(2)17-16-10)8-15-14(20)7-12-9-18(3)5-6-19(12)4/h12H,5-9H2,1-4H3,(H,15,20)(H,16,17). The number of hydrogen-bond acceptors (Lipinski definition) is 4. The van der Waals surface area contributed by atoms with Gasteiger partial charge in [-0.15, -0.1) is 0 Å². The second-order valence-electron chi connectivity index (χ2n) is 5.79. The van der Waals surface area contributed by atoms with Crippen molar-refractivity contribution in [1.29, 1.82) is 0 Å². The Hall–Kier alpha value is -1.40. The molecule has 0 aliphatic carbocycles. The van der Waals surface area contributed by atoms with Gasteiger partial charge in [-0.05, 0) is 27.9 Å². The van der Waals surface area contributed by atoms with Crippen LogP contribution in [0.4, 0.5) is 0 Å². The summed E-state index contributed by atoms with van der Waals surface area (Å²) < 4.78 is 0. The van der Waals surface area contributed by atoms with Crippen LogP contribution in [0.25, 0.3) is 0 Å². The second kappa shape index (κ2) is 6.37. The van der Waals surface area contributed by atoms with Crippen LogP contribution in [-0.4, -0.2) is 65.7 Å². The summed E-state index contributed by atoms with van der Waals surface area (Å²) in [6, 6.07) is 0.306. The van der Waals surface area contributed by atoms with Crippen LogP contribution in [0.5, 0.6) is 0 Å². The number of nitrogens with zero attached hydrogens (tertiary/aromatic N) is 3. The van der Waals surface area contributed by atoms with Gasteiger partial charge in [0.1, 0.15) is 0 Å². The molecular weight excluding hydrogens is 254 g/mol. The molecule has 0 saturated carbocycles. The molecule has 2 rings (SSSR count). The second-order valence-corrected chi connectivity index (χ2v) is 5.79. The van der Waals surface area contributed by atoms with Crippen LogP contribution in [0, 0.1) is 13.8 Å². The van der Waals surface area contributed by atoms with Gasteiger partial charge in [0.05, 0.1) is 5.69 Å². The maximum Gasteiger partial charge on any atom is 0.221 e. The number of aromatic amines is 1. The number of carbonyl (C=O) groups excluding carboxylic acids is 1. The molecule has 0 aromatic carbocycles. The van der Waals surface area contributed by atoms with Crippen LogP contribution in [0.2, 0.25) is 0 Å². The Balaban J connectivity index is 1.83. The van der Waals surface area contributed by atoms with Crippen LogP contribution in [0.15, 0.2) is 0 Å². The predicted molar refractivity (Wildman–Crippen MR) is 78.4 cm³/mol. The average Bonchev–Trinajstić information content (AvgIpc) is 2.71. The van der Waals surface area contributed by atoms with E-state index in [2.05, 4.69) is 39.4 Å². The van der Waals surface area contributed by atoms with E-state index in [9.17, 15) is 4.79 Å². The van der Waals surface area contributed by atoms with Gasteiger partial charge < -0.3 is 15.1 Å². The molecular formula is C14H25N5O. The molecule has 6 nitrogen and oxygen atoms in total. The number of amides is 1. The smallest absolute Gasteiger partial charge is 0.221 e. The van der Waals surface area contributed by atoms with E-state index < -0.39 is 0 Å². The fourth-order valence-electron chi connectivity index (χ4n) is 2.63. The molecule has 0 radical (unpaired) electrons. The van der Waals surface area contributed by atoms with Crippen LogP contribution in [-0.2, 0) is 11.3 Å². The minimum absolute atomic E-state index is 0.108. The number of nitrogens with one attached hydrogen (secondary N) is 2. The van der Waals surface area contributed by atoms with Crippen molar-refractivity contribution in [2.75, 3.05) is 33.7 Å². The van der Waals surface area contributed by atoms with Crippen LogP contribution >= 0.6 is 0 Å². The zero-order valence-corrected chi connectivity index (χ0v) is 12.9. The lowest BCUT2D eigenvalue weighted by Crippen LogP contribution is -2.51. The highest BCUT2D eigenvalue weighted by molar-refractivity contribution is 5.76. The molecule has 1 aromatic heterocycles. The van der Waals surface area contributed by atoms with Gasteiger partial charge >= 0.3 is 0 Å². The molecule has 1 amide bonds. The highest BCUT2D eigenvalue weighted by atomic mass is 16.1. The minimum Gasteiger partial charge on any atom is -0.352 e. The fourth-order valence-corrected chi connectivity index (χ4v) is 2.63. The largest absolute Gasteiger partial charge is 0.352 e. The Labute approximate surface area is 120 Å². The van der Waals surface area contributed by atoms with E-state index in [-0.39, 0.29) is 5.91 Å². The van der Waals surface area contributed by atoms with E-state index in [1.807, 2.05) is 13.8 Å². The maximum atomic E-state index is 12.1. The number of aryl methyl sites for hydroxylation is 2. The number of piperazine rings is 1. The topological polar surface area (TPSA) is 64.3 Å². The number of carbonyl (C=O) groups is 1. The molecule has 1 unspecified atom stereocenters. The van der Waals surface area contributed by atoms with Gasteiger partial charge in [-0.1, -0.05) is 0 Å². The Morgan fingerprint density at radius 3 is 2.80 bits per heavy atom. The molecule has 2 heterocycles. The van der Waals surface area contributed by atoms with E-state index in [1.54, 1.807) is 0 Å². The Morgan fingerprint density at radius 2 is 2.15 bits per heavy atom. The van der Waals surface area contributed by atoms with Crippen molar-refractivity contribution in [2.45, 2.75) is 32.9 Å². The molecule has 20 heavy (non-hydrogen) atoms. The zero-order valence-electron chi connectivity index (χ0n) is 12.9. The lowest BCUT2D eigenvalue weighted by molar-refractivity contribution is -0.122. The molecule has 1 aliphatic heterocycles. The Morgan fingerprint density at radius 1 is 1.40 bits per heavy atom. The van der Waals surface area contributed by atoms with Gasteiger partial charge in [0.15, 0.2) is 0 Å². The van der Waals surface area contributed by atoms with Crippen molar-refractivity contribution in [2.24, 2.45) is 0 Å². The summed E-state index contributed by atoms with van der Waals surface area (Å²) >= 11 is 0. The zero-order chi connectivity index (χ0) is 14.7. The highest BCUT2D eigenvalue weighted by Crippen LogP contribution is 2.11. The summed E-state index contributed by atoms with van der Waals surface area (Å²) in [6.07, 6.45) is 0.552. The molecule has 1 fully saturated rings. The summed E-state index contributed by atoms with van der Waals surface area (Å²) in [5.41, 5.74) is 3.07. The lowest BCUT2D eigenvalue weighted by atomic mass is 10.1. The number of hydrogen-bond donors (Lipinski definition) is 2. The van der Waals surface area contributed by atoms with Crippen molar-refractivity contribution < 1.29 is 4.79 Å². The SMILES string of the molecule is Cc1n[nH]c(C)c1CNC(=O)CC1CN(C)CCN1C. The van der Waals surface area contributed by atoms with E-state index in [0.29, 0.717) is 19.0 Å². The number of likely N-dealkylation sites (N-methyl/N-ethyl adjacent to an activating group) is 2. The molecule has 1 saturated heterocycles. The van der Waals surface area contributed by atoms with Crippen molar-refractivity contribution >= 4 is 5.91 Å². The third-order valence-electron chi connectivity index (χ3n) is 4.14. The van der Waals surface area contributed by atoms with Crippen molar-refractivity contribution in [3.8, 4) is 0 Å². The third-order valence-corrected chi connectivity index (χ3v) is 4.14. The first-order valence-corrected chi connectivity index (χ1v) is 7.13. The summed E-state index contributed by atoms with van der Waals surface area (Å²) in [5.74, 6) is 0.108. The number of H-pyrrole nitrogens is 1. The van der Waals surface area contributed by atoms with Crippen molar-refractivity contribution in [1.82, 2.24) is 25.3 Å². The molecule has 6 heteroatoms. The minimum atomic E-state index is 0.108. The van der Waals surface area contributed by atoms with Crippen LogP contribution < -0.4 is 5.32 Å². The normalized spacial score (nSPS) is 21.1. The van der Waals surface area contributed by atoms with Gasteiger partial charge in [-0.2, -0.15) is 5.10 Å². The molecule has 1 atom stereocenters. The molecule has 1 aromatic rings. The van der Waals surface area contributed by atoms with Gasteiger partial charge in [0, 0.05) is 49.9 Å². The quantitative estimate of drug-likeness (QED) is 0.831. The van der Waals surface area contributed by atoms with Crippen LogP contribution in [0.1, 0.15) is 23.4 Å². The first-order valence-electron chi connectivity index (χ1n) is 7.13. The number of aromatic nitrogens is 2. The predicted octanol–water partition coefficient (Wildman–Crippen LogP) is 0.279. The van der Waals surface area contributed by atoms with Gasteiger partial charge in [0.2, 0.25) is 5.91 Å². The van der Waals surface area contributed by atoms with E-state index >= 15 is 0 Å². The van der Waals surface area contributed by atoms with E-state index in [1.165, 1.54) is 0 Å². The van der Waals surface area contributed by atoms with Gasteiger partial charge in [-0.25, -0.2) is 0 Å². The Kier molecular flexibility index (Phi) is 4.77. The van der Waals surface area contributed by atoms with E-state index in [0.717, 1.165) is 36.6 Å². The number of rotatable bonds is 4. The first-order chi connectivity index (χ1) is 9.47. The summed E-state index contributed by atoms with van der Waals surface area (Å²) in [7, 11) is 4.20. The molecule has 0 bridgehead atoms. The summed E-state index contributed by atoms with van der Waals surface area (Å²) in [6.45, 7) is 7.53. The maximum absolute atomic E-state index is 12.1. The summed E-state index contributed by atoms with van der Waals surface area (Å²) in [4.78, 5) is 16.6. The molecule has 112 valence electrons. The average molecular weight is 279 g/mol. The van der Waals surface area contributed by atoms with Crippen molar-refractivity contribution in [3.05, 3.63) is 17.0 Å². The first kappa shape index (κ1) is 15.0. The summed E-state index contributed by atoms with van der Waals surface area (Å²) in [5, 5.41) is 10.1. The monoisotopic (exact) mass is 279 g/mol. The molecule has 2 N–H and O–H groups in total. The molecule has 1 aliphatic rings. The highest BCUT2D eigenvalue weighted by Gasteiger charge is 2.24. The van der Waals surface area contributed by atoms with Gasteiger partial charge in [-0.3, -0.25) is 9.89 Å². The van der Waals surface area contributed by atoms with Crippen molar-refractivity contribution in [3.63, 3.8) is 0 Å². The van der Waals surface area contributed by atoms with E-state index in [4.69, 9.17) is 0 Å². The third kappa shape index (κ3) is 3.58. The van der Waals surface area contributed by atoms with Crippen LogP contribution in [0.3, 0.4) is 0 Å². The lowest BCUT2D eigenvalue weighted by Gasteiger charge is -2.37. The molecule has 0 spiro atoms.